The Bertz CT molecular complexity index is 903. The third-order valence-electron chi connectivity index (χ3n) is 4.22. The number of ether oxygens (including phenoxy) is 1. The summed E-state index contributed by atoms with van der Waals surface area (Å²) in [6.45, 7) is 0.743. The summed E-state index contributed by atoms with van der Waals surface area (Å²) in [6.07, 6.45) is -3.35. The lowest BCUT2D eigenvalue weighted by Gasteiger charge is -2.33. The molecule has 1 saturated heterocycles. The molecule has 0 radical (unpaired) electrons. The second-order valence-electron chi connectivity index (χ2n) is 6.30. The summed E-state index contributed by atoms with van der Waals surface area (Å²) in [7, 11) is 0. The third-order valence-corrected chi connectivity index (χ3v) is 4.22. The van der Waals surface area contributed by atoms with E-state index in [1.807, 2.05) is 0 Å². The number of rotatable bonds is 4. The molecule has 1 aliphatic rings. The Kier molecular flexibility index (Phi) is 6.24. The van der Waals surface area contributed by atoms with Gasteiger partial charge in [0.25, 0.3) is 5.78 Å². The zero-order valence-electron chi connectivity index (χ0n) is 15.2. The standard InChI is InChI=1S/C20H18F3N3O3/c21-20(22,23)19(28)17-13-26(10-9-24-17)18-8-3-14(12-25-18)2-1-11-29-16-6-4-15(27)5-7-16/h3-8,12,17,24,27H,9-11,13H2. The van der Waals surface area contributed by atoms with E-state index in [1.165, 1.54) is 18.3 Å². The quantitative estimate of drug-likeness (QED) is 0.760. The molecule has 0 aliphatic carbocycles. The minimum absolute atomic E-state index is 0.100. The van der Waals surface area contributed by atoms with E-state index in [-0.39, 0.29) is 25.4 Å². The number of nitrogens with zero attached hydrogens (tertiary/aromatic N) is 2. The van der Waals surface area contributed by atoms with Gasteiger partial charge in [0.15, 0.2) is 0 Å². The van der Waals surface area contributed by atoms with Gasteiger partial charge >= 0.3 is 6.18 Å². The maximum atomic E-state index is 12.6. The summed E-state index contributed by atoms with van der Waals surface area (Å²) >= 11 is 0. The molecule has 9 heteroatoms. The number of alkyl halides is 3. The minimum Gasteiger partial charge on any atom is -0.508 e. The van der Waals surface area contributed by atoms with Crippen molar-refractivity contribution < 1.29 is 27.8 Å². The molecule has 1 aliphatic heterocycles. The van der Waals surface area contributed by atoms with Gasteiger partial charge in [0.05, 0.1) is 6.04 Å². The molecular weight excluding hydrogens is 387 g/mol. The van der Waals surface area contributed by atoms with E-state index in [9.17, 15) is 23.1 Å². The molecule has 0 saturated carbocycles. The number of halogens is 3. The highest BCUT2D eigenvalue weighted by atomic mass is 19.4. The van der Waals surface area contributed by atoms with Crippen molar-refractivity contribution in [1.82, 2.24) is 10.3 Å². The number of anilines is 1. The van der Waals surface area contributed by atoms with Crippen LogP contribution in [0.1, 0.15) is 5.56 Å². The van der Waals surface area contributed by atoms with Gasteiger partial charge in [0, 0.05) is 31.4 Å². The second-order valence-corrected chi connectivity index (χ2v) is 6.30. The fraction of sp³-hybridized carbons (Fsp3) is 0.300. The highest BCUT2D eigenvalue weighted by Gasteiger charge is 2.44. The van der Waals surface area contributed by atoms with Crippen LogP contribution in [0, 0.1) is 11.8 Å². The Hall–Kier alpha value is -3.25. The van der Waals surface area contributed by atoms with Crippen LogP contribution in [-0.2, 0) is 4.79 Å². The van der Waals surface area contributed by atoms with E-state index in [0.717, 1.165) is 0 Å². The number of phenolic OH excluding ortho intramolecular Hbond substituents is 1. The van der Waals surface area contributed by atoms with Crippen LogP contribution >= 0.6 is 0 Å². The van der Waals surface area contributed by atoms with E-state index in [4.69, 9.17) is 4.74 Å². The van der Waals surface area contributed by atoms with Gasteiger partial charge in [-0.05, 0) is 36.4 Å². The van der Waals surface area contributed by atoms with Crippen molar-refractivity contribution in [3.05, 3.63) is 48.2 Å². The number of carbonyl (C=O) groups is 1. The molecule has 3 rings (SSSR count). The largest absolute Gasteiger partial charge is 0.508 e. The molecule has 1 unspecified atom stereocenters. The monoisotopic (exact) mass is 405 g/mol. The molecular formula is C20H18F3N3O3. The Labute approximate surface area is 165 Å². The number of hydrogen-bond donors (Lipinski definition) is 2. The molecule has 1 fully saturated rings. The van der Waals surface area contributed by atoms with Gasteiger partial charge < -0.3 is 20.1 Å². The molecule has 152 valence electrons. The number of Topliss-reactive ketones (excluding diaryl/α,β-unsaturated/α-hetero) is 1. The lowest BCUT2D eigenvalue weighted by atomic mass is 10.1. The second kappa shape index (κ2) is 8.84. The van der Waals surface area contributed by atoms with E-state index in [1.54, 1.807) is 29.2 Å². The summed E-state index contributed by atoms with van der Waals surface area (Å²) in [5.41, 5.74) is 0.626. The van der Waals surface area contributed by atoms with Crippen LogP contribution in [0.5, 0.6) is 11.5 Å². The van der Waals surface area contributed by atoms with Crippen LogP contribution in [0.2, 0.25) is 0 Å². The first-order valence-corrected chi connectivity index (χ1v) is 8.79. The van der Waals surface area contributed by atoms with Crippen LogP contribution in [-0.4, -0.2) is 54.3 Å². The van der Waals surface area contributed by atoms with Crippen molar-refractivity contribution in [2.45, 2.75) is 12.2 Å². The molecule has 29 heavy (non-hydrogen) atoms. The van der Waals surface area contributed by atoms with Gasteiger partial charge in [-0.25, -0.2) is 4.98 Å². The minimum atomic E-state index is -4.87. The third kappa shape index (κ3) is 5.62. The molecule has 2 N–H and O–H groups in total. The average molecular weight is 405 g/mol. The molecule has 6 nitrogen and oxygen atoms in total. The first-order valence-electron chi connectivity index (χ1n) is 8.79. The fourth-order valence-electron chi connectivity index (χ4n) is 2.78. The summed E-state index contributed by atoms with van der Waals surface area (Å²) < 4.78 is 43.3. The van der Waals surface area contributed by atoms with E-state index < -0.39 is 18.0 Å². The Balaban J connectivity index is 1.56. The van der Waals surface area contributed by atoms with E-state index in [2.05, 4.69) is 22.1 Å². The highest BCUT2D eigenvalue weighted by Crippen LogP contribution is 2.21. The van der Waals surface area contributed by atoms with Crippen LogP contribution in [0.4, 0.5) is 19.0 Å². The molecule has 2 heterocycles. The number of ketones is 1. The van der Waals surface area contributed by atoms with E-state index >= 15 is 0 Å². The number of aromatic hydroxyl groups is 1. The fourth-order valence-corrected chi connectivity index (χ4v) is 2.78. The van der Waals surface area contributed by atoms with Crippen LogP contribution in [0.3, 0.4) is 0 Å². The van der Waals surface area contributed by atoms with Gasteiger partial charge in [0.2, 0.25) is 0 Å². The summed E-state index contributed by atoms with van der Waals surface area (Å²) in [4.78, 5) is 17.3. The van der Waals surface area contributed by atoms with E-state index in [0.29, 0.717) is 23.7 Å². The lowest BCUT2D eigenvalue weighted by molar-refractivity contribution is -0.173. The number of pyridine rings is 1. The predicted molar refractivity (Wildman–Crippen MR) is 99.8 cm³/mol. The SMILES string of the molecule is O=C(C1CN(c2ccc(C#CCOc3ccc(O)cc3)cn2)CCN1)C(F)(F)F. The number of aromatic nitrogens is 1. The number of hydrogen-bond acceptors (Lipinski definition) is 6. The molecule has 1 aromatic carbocycles. The van der Waals surface area contributed by atoms with Crippen LogP contribution in [0.25, 0.3) is 0 Å². The van der Waals surface area contributed by atoms with Crippen molar-refractivity contribution in [3.8, 4) is 23.3 Å². The summed E-state index contributed by atoms with van der Waals surface area (Å²) in [5, 5.41) is 11.8. The van der Waals surface area contributed by atoms with Crippen molar-refractivity contribution in [3.63, 3.8) is 0 Å². The maximum Gasteiger partial charge on any atom is 0.451 e. The van der Waals surface area contributed by atoms with Crippen molar-refractivity contribution in [2.24, 2.45) is 0 Å². The van der Waals surface area contributed by atoms with Crippen molar-refractivity contribution in [1.29, 1.82) is 0 Å². The molecule has 1 aromatic heterocycles. The van der Waals surface area contributed by atoms with Crippen LogP contribution < -0.4 is 15.0 Å². The number of phenols is 1. The number of piperazine rings is 1. The number of benzene rings is 1. The average Bonchev–Trinajstić information content (AvgIpc) is 2.72. The first kappa shape index (κ1) is 20.5. The predicted octanol–water partition coefficient (Wildman–Crippen LogP) is 2.13. The summed E-state index contributed by atoms with van der Waals surface area (Å²) in [5.74, 6) is 5.14. The lowest BCUT2D eigenvalue weighted by Crippen LogP contribution is -2.57. The smallest absolute Gasteiger partial charge is 0.451 e. The first-order chi connectivity index (χ1) is 13.8. The zero-order valence-corrected chi connectivity index (χ0v) is 15.2. The number of nitrogens with one attached hydrogen (secondary N) is 1. The van der Waals surface area contributed by atoms with Gasteiger partial charge in [-0.3, -0.25) is 4.79 Å². The van der Waals surface area contributed by atoms with Gasteiger partial charge in [-0.2, -0.15) is 13.2 Å². The normalized spacial score (nSPS) is 16.7. The van der Waals surface area contributed by atoms with Crippen molar-refractivity contribution >= 4 is 11.6 Å². The maximum absolute atomic E-state index is 12.6. The Morgan fingerprint density at radius 2 is 2.03 bits per heavy atom. The molecule has 2 aromatic rings. The summed E-state index contributed by atoms with van der Waals surface area (Å²) in [6, 6.07) is 8.32. The highest BCUT2D eigenvalue weighted by molar-refractivity contribution is 5.89. The molecule has 0 bridgehead atoms. The van der Waals surface area contributed by atoms with Gasteiger partial charge in [-0.1, -0.05) is 11.8 Å². The Morgan fingerprint density at radius 1 is 1.28 bits per heavy atom. The Morgan fingerprint density at radius 3 is 2.69 bits per heavy atom. The van der Waals surface area contributed by atoms with Gasteiger partial charge in [-0.15, -0.1) is 0 Å². The molecule has 0 amide bonds. The van der Waals surface area contributed by atoms with Crippen LogP contribution in [0.15, 0.2) is 42.6 Å². The topological polar surface area (TPSA) is 74.7 Å². The van der Waals surface area contributed by atoms with Crippen molar-refractivity contribution in [2.75, 3.05) is 31.1 Å². The van der Waals surface area contributed by atoms with Gasteiger partial charge in [0.1, 0.15) is 23.9 Å². The zero-order chi connectivity index (χ0) is 20.9. The molecule has 0 spiro atoms. The molecule has 1 atom stereocenters. The number of carbonyl (C=O) groups excluding carboxylic acids is 1.